The molecule has 1 nitrogen and oxygen atoms in total. The highest BCUT2D eigenvalue weighted by Gasteiger charge is 2.31. The quantitative estimate of drug-likeness (QED) is 0.594. The molecule has 3 heteroatoms. The minimum atomic E-state index is -0.132. The molecule has 0 aromatic heterocycles. The lowest BCUT2D eigenvalue weighted by molar-refractivity contribution is 0.0223. The zero-order valence-electron chi connectivity index (χ0n) is 14.3. The van der Waals surface area contributed by atoms with Crippen molar-refractivity contribution in [2.75, 3.05) is 6.61 Å². The van der Waals surface area contributed by atoms with Gasteiger partial charge in [-0.05, 0) is 92.9 Å². The van der Waals surface area contributed by atoms with Gasteiger partial charge in [-0.15, -0.1) is 0 Å². The van der Waals surface area contributed by atoms with Gasteiger partial charge in [0.05, 0.1) is 12.7 Å². The second-order valence-corrected chi connectivity index (χ2v) is 7.65. The van der Waals surface area contributed by atoms with Gasteiger partial charge in [-0.25, -0.2) is 4.39 Å². The van der Waals surface area contributed by atoms with Crippen LogP contribution in [0.15, 0.2) is 35.9 Å². The molecule has 0 saturated heterocycles. The second kappa shape index (κ2) is 9.01. The largest absolute Gasteiger partial charge is 0.374 e. The Labute approximate surface area is 150 Å². The van der Waals surface area contributed by atoms with Crippen LogP contribution < -0.4 is 0 Å². The molecule has 0 spiro atoms. The van der Waals surface area contributed by atoms with E-state index in [2.05, 4.69) is 0 Å². The van der Waals surface area contributed by atoms with Crippen molar-refractivity contribution in [2.45, 2.75) is 63.4 Å². The summed E-state index contributed by atoms with van der Waals surface area (Å²) in [6.45, 7) is 0.640. The minimum Gasteiger partial charge on any atom is -0.374 e. The third kappa shape index (κ3) is 4.83. The van der Waals surface area contributed by atoms with E-state index < -0.39 is 0 Å². The van der Waals surface area contributed by atoms with E-state index >= 15 is 0 Å². The van der Waals surface area contributed by atoms with Crippen molar-refractivity contribution in [2.24, 2.45) is 11.8 Å². The van der Waals surface area contributed by atoms with Gasteiger partial charge in [0, 0.05) is 5.54 Å². The molecule has 0 amide bonds. The van der Waals surface area contributed by atoms with E-state index in [0.29, 0.717) is 18.6 Å². The van der Waals surface area contributed by atoms with Gasteiger partial charge in [0.2, 0.25) is 0 Å². The summed E-state index contributed by atoms with van der Waals surface area (Å²) in [5, 5.41) is 0. The van der Waals surface area contributed by atoms with Crippen LogP contribution in [0.2, 0.25) is 0 Å². The van der Waals surface area contributed by atoms with Crippen LogP contribution in [0.4, 0.5) is 4.39 Å². The molecule has 24 heavy (non-hydrogen) atoms. The number of ether oxygens (including phenoxy) is 1. The molecular weight excluding hydrogens is 323 g/mol. The van der Waals surface area contributed by atoms with Gasteiger partial charge in [0.25, 0.3) is 0 Å². The first-order valence-corrected chi connectivity index (χ1v) is 9.82. The van der Waals surface area contributed by atoms with Gasteiger partial charge < -0.3 is 4.74 Å². The first kappa shape index (κ1) is 17.9. The highest BCUT2D eigenvalue weighted by Crippen LogP contribution is 2.43. The SMILES string of the molecule is Fc1ccc(C2CCC(C3CCC(OCC=CCl)CC3)CC2)cc1. The van der Waals surface area contributed by atoms with E-state index in [0.717, 1.165) is 11.8 Å². The van der Waals surface area contributed by atoms with E-state index in [-0.39, 0.29) is 5.82 Å². The third-order valence-corrected chi connectivity index (χ3v) is 6.19. The molecule has 2 aliphatic carbocycles. The Morgan fingerprint density at radius 2 is 1.50 bits per heavy atom. The molecule has 0 radical (unpaired) electrons. The molecule has 2 aliphatic rings. The van der Waals surface area contributed by atoms with Crippen LogP contribution in [0.25, 0.3) is 0 Å². The van der Waals surface area contributed by atoms with Crippen molar-refractivity contribution in [3.8, 4) is 0 Å². The standard InChI is InChI=1S/C21H28ClFO/c22-14-1-15-24-21-12-8-19(9-13-21)17-4-2-16(3-5-17)18-6-10-20(23)11-7-18/h1,6-7,10-11,14,16-17,19,21H,2-5,8-9,12-13,15H2. The van der Waals surface area contributed by atoms with Crippen molar-refractivity contribution in [3.05, 3.63) is 47.3 Å². The van der Waals surface area contributed by atoms with Crippen LogP contribution in [0.1, 0.15) is 62.8 Å². The summed E-state index contributed by atoms with van der Waals surface area (Å²) in [6.07, 6.45) is 12.5. The fourth-order valence-electron chi connectivity index (χ4n) is 4.61. The van der Waals surface area contributed by atoms with E-state index in [4.69, 9.17) is 16.3 Å². The Hall–Kier alpha value is -0.860. The lowest BCUT2D eigenvalue weighted by atomic mass is 9.69. The second-order valence-electron chi connectivity index (χ2n) is 7.40. The smallest absolute Gasteiger partial charge is 0.123 e. The molecule has 2 saturated carbocycles. The average Bonchev–Trinajstić information content (AvgIpc) is 2.63. The summed E-state index contributed by atoms with van der Waals surface area (Å²) in [7, 11) is 0. The van der Waals surface area contributed by atoms with Crippen LogP contribution in [0.5, 0.6) is 0 Å². The molecule has 0 N–H and O–H groups in total. The summed E-state index contributed by atoms with van der Waals surface area (Å²) in [5.74, 6) is 2.25. The molecule has 2 fully saturated rings. The van der Waals surface area contributed by atoms with Crippen LogP contribution in [-0.4, -0.2) is 12.7 Å². The normalized spacial score (nSPS) is 31.4. The van der Waals surface area contributed by atoms with Crippen LogP contribution in [0, 0.1) is 17.7 Å². The zero-order chi connectivity index (χ0) is 16.8. The molecule has 1 aromatic carbocycles. The lowest BCUT2D eigenvalue weighted by Gasteiger charge is -2.37. The van der Waals surface area contributed by atoms with Gasteiger partial charge in [0.15, 0.2) is 0 Å². The molecular formula is C21H28ClFO. The Balaban J connectivity index is 1.42. The predicted octanol–water partition coefficient (Wildman–Crippen LogP) is 6.43. The topological polar surface area (TPSA) is 9.23 Å². The maximum atomic E-state index is 13.1. The Bertz CT molecular complexity index is 511. The summed E-state index contributed by atoms with van der Waals surface area (Å²) >= 11 is 5.53. The van der Waals surface area contributed by atoms with Crippen molar-refractivity contribution in [3.63, 3.8) is 0 Å². The molecule has 0 aliphatic heterocycles. The fourth-order valence-corrected chi connectivity index (χ4v) is 4.69. The average molecular weight is 351 g/mol. The summed E-state index contributed by atoms with van der Waals surface area (Å²) < 4.78 is 18.9. The Kier molecular flexibility index (Phi) is 6.74. The predicted molar refractivity (Wildman–Crippen MR) is 97.8 cm³/mol. The van der Waals surface area contributed by atoms with Crippen molar-refractivity contribution in [1.82, 2.24) is 0 Å². The van der Waals surface area contributed by atoms with E-state index in [1.807, 2.05) is 18.2 Å². The molecule has 0 unspecified atom stereocenters. The van der Waals surface area contributed by atoms with Gasteiger partial charge >= 0.3 is 0 Å². The van der Waals surface area contributed by atoms with Crippen LogP contribution in [-0.2, 0) is 4.74 Å². The first-order valence-electron chi connectivity index (χ1n) is 9.38. The monoisotopic (exact) mass is 350 g/mol. The maximum Gasteiger partial charge on any atom is 0.123 e. The van der Waals surface area contributed by atoms with E-state index in [1.165, 1.54) is 62.5 Å². The maximum absolute atomic E-state index is 13.1. The fraction of sp³-hybridized carbons (Fsp3) is 0.619. The molecule has 0 heterocycles. The number of rotatable bonds is 5. The van der Waals surface area contributed by atoms with Gasteiger partial charge in [-0.2, -0.15) is 0 Å². The lowest BCUT2D eigenvalue weighted by Crippen LogP contribution is -2.28. The molecule has 3 rings (SSSR count). The highest BCUT2D eigenvalue weighted by atomic mass is 35.5. The van der Waals surface area contributed by atoms with Crippen molar-refractivity contribution >= 4 is 11.6 Å². The number of hydrogen-bond acceptors (Lipinski definition) is 1. The number of hydrogen-bond donors (Lipinski definition) is 0. The van der Waals surface area contributed by atoms with Gasteiger partial charge in [-0.1, -0.05) is 23.7 Å². The van der Waals surface area contributed by atoms with E-state index in [9.17, 15) is 4.39 Å². The number of benzene rings is 1. The van der Waals surface area contributed by atoms with Crippen LogP contribution >= 0.6 is 11.6 Å². The molecule has 1 aromatic rings. The number of halogens is 2. The molecule has 132 valence electrons. The minimum absolute atomic E-state index is 0.132. The third-order valence-electron chi connectivity index (χ3n) is 6.02. The van der Waals surface area contributed by atoms with Crippen LogP contribution in [0.3, 0.4) is 0 Å². The van der Waals surface area contributed by atoms with E-state index in [1.54, 1.807) is 12.1 Å². The zero-order valence-corrected chi connectivity index (χ0v) is 15.1. The summed E-state index contributed by atoms with van der Waals surface area (Å²) in [6, 6.07) is 7.14. The van der Waals surface area contributed by atoms with Gasteiger partial charge in [0.1, 0.15) is 5.82 Å². The van der Waals surface area contributed by atoms with Gasteiger partial charge in [-0.3, -0.25) is 0 Å². The summed E-state index contributed by atoms with van der Waals surface area (Å²) in [4.78, 5) is 0. The first-order chi connectivity index (χ1) is 11.8. The Morgan fingerprint density at radius 1 is 0.917 bits per heavy atom. The highest BCUT2D eigenvalue weighted by molar-refractivity contribution is 6.25. The molecule has 0 atom stereocenters. The Morgan fingerprint density at radius 3 is 2.08 bits per heavy atom. The van der Waals surface area contributed by atoms with Crippen molar-refractivity contribution in [1.29, 1.82) is 0 Å². The summed E-state index contributed by atoms with van der Waals surface area (Å²) in [5.41, 5.74) is 2.85. The van der Waals surface area contributed by atoms with Crippen molar-refractivity contribution < 1.29 is 9.13 Å². The molecule has 0 bridgehead atoms.